The highest BCUT2D eigenvalue weighted by Crippen LogP contribution is 2.39. The number of carbonyl (C=O) groups is 1. The largest absolute Gasteiger partial charge is 0.465 e. The maximum Gasteiger partial charge on any atom is 0.311 e. The average molecular weight is 355 g/mol. The molecule has 0 bridgehead atoms. The van der Waals surface area contributed by atoms with Crippen molar-refractivity contribution in [3.63, 3.8) is 0 Å². The molecule has 0 spiro atoms. The number of carbonyl (C=O) groups excluding carboxylic acids is 1. The number of nitrogens with one attached hydrogen (secondary N) is 1. The van der Waals surface area contributed by atoms with Gasteiger partial charge in [-0.05, 0) is 45.2 Å². The quantitative estimate of drug-likeness (QED) is 0.628. The lowest BCUT2D eigenvalue weighted by Crippen LogP contribution is -2.39. The van der Waals surface area contributed by atoms with Crippen LogP contribution in [-0.4, -0.2) is 21.5 Å². The molecule has 0 amide bonds. The Morgan fingerprint density at radius 2 is 2.12 bits per heavy atom. The van der Waals surface area contributed by atoms with E-state index in [1.165, 1.54) is 6.07 Å². The van der Waals surface area contributed by atoms with Crippen LogP contribution < -0.4 is 4.72 Å². The van der Waals surface area contributed by atoms with Crippen LogP contribution in [0.25, 0.3) is 0 Å². The molecule has 0 saturated heterocycles. The lowest BCUT2D eigenvalue weighted by Gasteiger charge is -2.25. The van der Waals surface area contributed by atoms with Gasteiger partial charge in [0.2, 0.25) is 0 Å². The van der Waals surface area contributed by atoms with E-state index in [1.54, 1.807) is 6.07 Å². The van der Waals surface area contributed by atoms with Gasteiger partial charge in [-0.3, -0.25) is 4.79 Å². The number of hydrogen-bond acceptors (Lipinski definition) is 3. The molecule has 2 rings (SSSR count). The monoisotopic (exact) mass is 355 g/mol. The van der Waals surface area contributed by atoms with Crippen molar-refractivity contribution in [3.05, 3.63) is 35.1 Å². The molecule has 0 saturated carbocycles. The third-order valence-corrected chi connectivity index (χ3v) is 5.71. The minimum absolute atomic E-state index is 0.359. The summed E-state index contributed by atoms with van der Waals surface area (Å²) in [5.41, 5.74) is 1.21. The fraction of sp³-hybridized carbons (Fsp3) is 0.611. The zero-order chi connectivity index (χ0) is 17.9. The van der Waals surface area contributed by atoms with Gasteiger partial charge in [0.1, 0.15) is 5.82 Å². The van der Waals surface area contributed by atoms with Crippen LogP contribution in [-0.2, 0) is 26.9 Å². The summed E-state index contributed by atoms with van der Waals surface area (Å²) in [6.45, 7) is 7.89. The Morgan fingerprint density at radius 1 is 1.42 bits per heavy atom. The molecule has 0 radical (unpaired) electrons. The molecule has 4 nitrogen and oxygen atoms in total. The van der Waals surface area contributed by atoms with E-state index < -0.39 is 27.7 Å². The lowest BCUT2D eigenvalue weighted by atomic mass is 10.0. The molecule has 1 N–H and O–H groups in total. The molecule has 6 heteroatoms. The van der Waals surface area contributed by atoms with E-state index >= 15 is 0 Å². The second kappa shape index (κ2) is 7.74. The molecule has 0 aliphatic heterocycles. The second-order valence-electron chi connectivity index (χ2n) is 7.12. The first kappa shape index (κ1) is 19.1. The normalized spacial score (nSPS) is 21.4. The molecule has 1 aliphatic carbocycles. The fourth-order valence-corrected chi connectivity index (χ4v) is 3.61. The van der Waals surface area contributed by atoms with Crippen LogP contribution in [0.3, 0.4) is 0 Å². The van der Waals surface area contributed by atoms with Gasteiger partial charge in [-0.15, -0.1) is 0 Å². The Labute approximate surface area is 145 Å². The summed E-state index contributed by atoms with van der Waals surface area (Å²) in [5.74, 6) is -1.29. The molecular weight excluding hydrogens is 329 g/mol. The van der Waals surface area contributed by atoms with E-state index in [-0.39, 0.29) is 11.8 Å². The molecule has 24 heavy (non-hydrogen) atoms. The van der Waals surface area contributed by atoms with E-state index in [2.05, 4.69) is 4.72 Å². The standard InChI is InChI=1S/C18H26FNO3S/c1-5-6-10-23-17(21)13-11-12-8-7-9-14(19)15(12)16(13)20-24(22)18(2,3)4/h7-9,13,16,20H,5-6,10-11H2,1-4H3/t13-,16-,24-/m0/s1. The van der Waals surface area contributed by atoms with Gasteiger partial charge in [0, 0.05) is 5.56 Å². The van der Waals surface area contributed by atoms with Crippen molar-refractivity contribution < 1.29 is 18.1 Å². The van der Waals surface area contributed by atoms with Crippen molar-refractivity contribution >= 4 is 17.0 Å². The summed E-state index contributed by atoms with van der Waals surface area (Å²) in [6, 6.07) is 4.19. The predicted octanol–water partition coefficient (Wildman–Crippen LogP) is 3.43. The summed E-state index contributed by atoms with van der Waals surface area (Å²) in [4.78, 5) is 12.5. The second-order valence-corrected chi connectivity index (χ2v) is 9.12. The third kappa shape index (κ3) is 4.22. The summed E-state index contributed by atoms with van der Waals surface area (Å²) < 4.78 is 34.6. The van der Waals surface area contributed by atoms with E-state index in [1.807, 2.05) is 33.8 Å². The highest BCUT2D eigenvalue weighted by molar-refractivity contribution is 7.84. The minimum atomic E-state index is -1.41. The summed E-state index contributed by atoms with van der Waals surface area (Å²) >= 11 is 0. The Kier molecular flexibility index (Phi) is 6.15. The third-order valence-electron chi connectivity index (χ3n) is 4.13. The van der Waals surface area contributed by atoms with Crippen molar-refractivity contribution in [1.82, 2.24) is 4.72 Å². The lowest BCUT2D eigenvalue weighted by molar-refractivity contribution is -0.149. The molecule has 1 aromatic rings. The molecular formula is C18H26FNO3S. The highest BCUT2D eigenvalue weighted by atomic mass is 32.2. The molecule has 0 fully saturated rings. The van der Waals surface area contributed by atoms with Crippen molar-refractivity contribution in [2.45, 2.75) is 57.7 Å². The van der Waals surface area contributed by atoms with Gasteiger partial charge in [0.25, 0.3) is 0 Å². The molecule has 0 aromatic heterocycles. The SMILES string of the molecule is CCCCOC(=O)[C@H]1Cc2cccc(F)c2[C@H]1N[S@@](=O)C(C)(C)C. The predicted molar refractivity (Wildman–Crippen MR) is 93.2 cm³/mol. The van der Waals surface area contributed by atoms with Crippen LogP contribution >= 0.6 is 0 Å². The first-order valence-corrected chi connectivity index (χ1v) is 9.52. The summed E-state index contributed by atoms with van der Waals surface area (Å²) in [7, 11) is -1.41. The molecule has 3 atom stereocenters. The van der Waals surface area contributed by atoms with Crippen molar-refractivity contribution in [2.75, 3.05) is 6.61 Å². The molecule has 1 aliphatic rings. The van der Waals surface area contributed by atoms with Gasteiger partial charge < -0.3 is 4.74 Å². The molecule has 134 valence electrons. The molecule has 0 heterocycles. The van der Waals surface area contributed by atoms with Crippen molar-refractivity contribution in [2.24, 2.45) is 5.92 Å². The summed E-state index contributed by atoms with van der Waals surface area (Å²) in [5, 5.41) is 0. The molecule has 0 unspecified atom stereocenters. The van der Waals surface area contributed by atoms with Gasteiger partial charge in [-0.1, -0.05) is 25.5 Å². The van der Waals surface area contributed by atoms with Crippen molar-refractivity contribution in [3.8, 4) is 0 Å². The van der Waals surface area contributed by atoms with E-state index in [9.17, 15) is 13.4 Å². The number of hydrogen-bond donors (Lipinski definition) is 1. The number of ether oxygens (including phenoxy) is 1. The van der Waals surface area contributed by atoms with Crippen LogP contribution in [0.2, 0.25) is 0 Å². The first-order valence-electron chi connectivity index (χ1n) is 8.37. The number of esters is 1. The Bertz CT molecular complexity index is 627. The topological polar surface area (TPSA) is 55.4 Å². The number of halogens is 1. The minimum Gasteiger partial charge on any atom is -0.465 e. The number of benzene rings is 1. The zero-order valence-corrected chi connectivity index (χ0v) is 15.5. The van der Waals surface area contributed by atoms with E-state index in [0.29, 0.717) is 18.6 Å². The van der Waals surface area contributed by atoms with E-state index in [4.69, 9.17) is 4.74 Å². The number of unbranched alkanes of at least 4 members (excludes halogenated alkanes) is 1. The average Bonchev–Trinajstić information content (AvgIpc) is 2.86. The van der Waals surface area contributed by atoms with Crippen LogP contribution in [0, 0.1) is 11.7 Å². The number of fused-ring (bicyclic) bond motifs is 1. The highest BCUT2D eigenvalue weighted by Gasteiger charge is 2.42. The maximum absolute atomic E-state index is 14.3. The number of rotatable bonds is 6. The molecule has 1 aromatic carbocycles. The Morgan fingerprint density at radius 3 is 2.75 bits per heavy atom. The van der Waals surface area contributed by atoms with Gasteiger partial charge in [-0.2, -0.15) is 0 Å². The van der Waals surface area contributed by atoms with Gasteiger partial charge in [0.15, 0.2) is 0 Å². The van der Waals surface area contributed by atoms with Crippen LogP contribution in [0.15, 0.2) is 18.2 Å². The van der Waals surface area contributed by atoms with Crippen molar-refractivity contribution in [1.29, 1.82) is 0 Å². The zero-order valence-electron chi connectivity index (χ0n) is 14.7. The van der Waals surface area contributed by atoms with Gasteiger partial charge in [0.05, 0.1) is 34.3 Å². The summed E-state index contributed by atoms with van der Waals surface area (Å²) in [6.07, 6.45) is 2.13. The Hall–Kier alpha value is -1.27. The van der Waals surface area contributed by atoms with Crippen LogP contribution in [0.1, 0.15) is 57.7 Å². The first-order chi connectivity index (χ1) is 11.3. The van der Waals surface area contributed by atoms with Crippen LogP contribution in [0.5, 0.6) is 0 Å². The fourth-order valence-electron chi connectivity index (χ4n) is 2.74. The van der Waals surface area contributed by atoms with Gasteiger partial charge in [-0.25, -0.2) is 13.3 Å². The smallest absolute Gasteiger partial charge is 0.311 e. The van der Waals surface area contributed by atoms with E-state index in [0.717, 1.165) is 18.4 Å². The van der Waals surface area contributed by atoms with Crippen LogP contribution in [0.4, 0.5) is 4.39 Å². The Balaban J connectivity index is 2.25. The maximum atomic E-state index is 14.3. The van der Waals surface area contributed by atoms with Gasteiger partial charge >= 0.3 is 5.97 Å².